The van der Waals surface area contributed by atoms with Gasteiger partial charge >= 0.3 is 5.97 Å². The van der Waals surface area contributed by atoms with E-state index in [9.17, 15) is 40.5 Å². The molecule has 2 heterocycles. The number of carbonyl (C=O) groups excluding carboxylic acids is 1. The lowest BCUT2D eigenvalue weighted by molar-refractivity contribution is -0.332. The molecule has 0 spiro atoms. The van der Waals surface area contributed by atoms with Gasteiger partial charge in [-0.3, -0.25) is 4.79 Å². The molecule has 75 heavy (non-hydrogen) atoms. The maximum Gasteiger partial charge on any atom is 0.306 e. The van der Waals surface area contributed by atoms with Crippen LogP contribution in [0.25, 0.3) is 0 Å². The van der Waals surface area contributed by atoms with Crippen LogP contribution in [0.4, 0.5) is 0 Å². The van der Waals surface area contributed by atoms with E-state index in [1.807, 2.05) is 0 Å². The molecule has 0 aromatic carbocycles. The van der Waals surface area contributed by atoms with Gasteiger partial charge in [0.05, 0.1) is 26.4 Å². The molecule has 0 aliphatic carbocycles. The fourth-order valence-electron chi connectivity index (χ4n) is 8.95. The second kappa shape index (κ2) is 47.4. The van der Waals surface area contributed by atoms with Gasteiger partial charge < -0.3 is 64.2 Å². The Labute approximate surface area is 453 Å². The molecule has 7 N–H and O–H groups in total. The molecule has 2 rings (SSSR count). The molecule has 0 aromatic heterocycles. The van der Waals surface area contributed by atoms with E-state index in [2.05, 4.69) is 86.8 Å². The third-order valence-electron chi connectivity index (χ3n) is 13.7. The number of ether oxygens (including phenoxy) is 6. The lowest BCUT2D eigenvalue weighted by Gasteiger charge is -2.42. The summed E-state index contributed by atoms with van der Waals surface area (Å²) in [7, 11) is 0. The number of unbranched alkanes of at least 4 members (excludes halogenated alkanes) is 21. The minimum absolute atomic E-state index is 0.0524. The molecule has 434 valence electrons. The van der Waals surface area contributed by atoms with Crippen molar-refractivity contribution in [1.82, 2.24) is 0 Å². The van der Waals surface area contributed by atoms with Gasteiger partial charge in [-0.1, -0.05) is 189 Å². The van der Waals surface area contributed by atoms with E-state index in [1.54, 1.807) is 0 Å². The van der Waals surface area contributed by atoms with Gasteiger partial charge in [-0.05, 0) is 83.5 Å². The first-order valence-electron chi connectivity index (χ1n) is 29.5. The van der Waals surface area contributed by atoms with E-state index in [1.165, 1.54) is 89.9 Å². The summed E-state index contributed by atoms with van der Waals surface area (Å²) < 4.78 is 34.4. The highest BCUT2D eigenvalue weighted by Gasteiger charge is 2.47. The van der Waals surface area contributed by atoms with Crippen LogP contribution < -0.4 is 0 Å². The van der Waals surface area contributed by atoms with Crippen LogP contribution in [0, 0.1) is 0 Å². The largest absolute Gasteiger partial charge is 0.457 e. The first-order chi connectivity index (χ1) is 36.6. The highest BCUT2D eigenvalue weighted by Crippen LogP contribution is 2.26. The Morgan fingerprint density at radius 3 is 1.36 bits per heavy atom. The quantitative estimate of drug-likeness (QED) is 0.0172. The van der Waals surface area contributed by atoms with E-state index >= 15 is 0 Å². The predicted octanol–water partition coefficient (Wildman–Crippen LogP) is 10.6. The minimum atomic E-state index is -1.71. The average molecular weight is 1060 g/mol. The molecule has 11 atom stereocenters. The van der Waals surface area contributed by atoms with Crippen LogP contribution in [-0.4, -0.2) is 142 Å². The number of aliphatic hydroxyl groups is 7. The Kier molecular flexibility index (Phi) is 43.3. The van der Waals surface area contributed by atoms with Gasteiger partial charge in [-0.2, -0.15) is 0 Å². The molecule has 0 saturated carbocycles. The van der Waals surface area contributed by atoms with E-state index in [0.717, 1.165) is 89.9 Å². The zero-order chi connectivity index (χ0) is 54.4. The Morgan fingerprint density at radius 2 is 0.867 bits per heavy atom. The minimum Gasteiger partial charge on any atom is -0.457 e. The summed E-state index contributed by atoms with van der Waals surface area (Å²) in [4.78, 5) is 13.1. The van der Waals surface area contributed by atoms with Crippen molar-refractivity contribution >= 4 is 5.97 Å². The SMILES string of the molecule is CC/C=C\C/C=C\C/C=C\C/C=C\CCCCCCCCCCCCCCCOCC(COC1OC(COC2OC(CO)C(O)C(O)C2O)C(O)C(O)C1O)OC(=O)CCCCCCC/C=C\C/C=C\CCCCC. The standard InChI is InChI=1S/C61H106O14/c1-3-5-7-9-11-13-15-17-19-20-21-22-23-24-25-26-27-28-29-31-33-35-37-39-41-43-45-70-47-50(73-53(63)44-42-40-38-36-34-32-30-18-16-14-12-10-8-6-4-2)48-71-60-59(69)57(67)55(65)52(75-60)49-72-61-58(68)56(66)54(64)51(46-62)74-61/h5,7,11-14,17-19,21-22,30,50-52,54-62,64-69H,3-4,6,8-10,15-16,20,23-29,31-49H2,1-2H3/b7-5-,13-11-,14-12-,19-17-,22-21-,30-18-. The first-order valence-corrected chi connectivity index (χ1v) is 29.5. The Morgan fingerprint density at radius 1 is 0.453 bits per heavy atom. The molecule has 0 bridgehead atoms. The van der Waals surface area contributed by atoms with E-state index in [0.29, 0.717) is 13.0 Å². The van der Waals surface area contributed by atoms with Crippen molar-refractivity contribution in [3.05, 3.63) is 72.9 Å². The topological polar surface area (TPSA) is 214 Å². The lowest BCUT2D eigenvalue weighted by atomic mass is 9.98. The van der Waals surface area contributed by atoms with Crippen LogP contribution in [0.5, 0.6) is 0 Å². The third kappa shape index (κ3) is 34.1. The molecule has 2 aliphatic heterocycles. The highest BCUT2D eigenvalue weighted by molar-refractivity contribution is 5.69. The molecule has 2 aliphatic rings. The Balaban J connectivity index is 1.68. The monoisotopic (exact) mass is 1060 g/mol. The summed E-state index contributed by atoms with van der Waals surface area (Å²) in [5.41, 5.74) is 0. The summed E-state index contributed by atoms with van der Waals surface area (Å²) in [5.74, 6) is -0.391. The molecule has 0 amide bonds. The zero-order valence-electron chi connectivity index (χ0n) is 46.5. The van der Waals surface area contributed by atoms with Gasteiger partial charge in [0.2, 0.25) is 0 Å². The number of esters is 1. The zero-order valence-corrected chi connectivity index (χ0v) is 46.5. The maximum absolute atomic E-state index is 13.1. The van der Waals surface area contributed by atoms with E-state index < -0.39 is 86.7 Å². The number of hydrogen-bond donors (Lipinski definition) is 7. The number of rotatable bonds is 47. The fourth-order valence-corrected chi connectivity index (χ4v) is 8.95. The van der Waals surface area contributed by atoms with Crippen molar-refractivity contribution in [3.63, 3.8) is 0 Å². The van der Waals surface area contributed by atoms with Gasteiger partial charge in [0.1, 0.15) is 54.9 Å². The number of carbonyl (C=O) groups is 1. The van der Waals surface area contributed by atoms with Gasteiger partial charge in [0.15, 0.2) is 12.6 Å². The van der Waals surface area contributed by atoms with Crippen LogP contribution in [0.2, 0.25) is 0 Å². The van der Waals surface area contributed by atoms with Gasteiger partial charge in [0.25, 0.3) is 0 Å². The lowest BCUT2D eigenvalue weighted by Crippen LogP contribution is -2.61. The number of allylic oxidation sites excluding steroid dienone is 12. The molecule has 14 heteroatoms. The van der Waals surface area contributed by atoms with Crippen LogP contribution in [0.15, 0.2) is 72.9 Å². The third-order valence-corrected chi connectivity index (χ3v) is 13.7. The summed E-state index contributed by atoms with van der Waals surface area (Å²) in [5, 5.41) is 72.3. The van der Waals surface area contributed by atoms with Crippen molar-refractivity contribution in [3.8, 4) is 0 Å². The molecule has 2 saturated heterocycles. The Bertz CT molecular complexity index is 1510. The van der Waals surface area contributed by atoms with E-state index in [-0.39, 0.29) is 19.6 Å². The second-order valence-corrected chi connectivity index (χ2v) is 20.4. The summed E-state index contributed by atoms with van der Waals surface area (Å²) in [6, 6.07) is 0. The normalized spacial score (nSPS) is 25.1. The summed E-state index contributed by atoms with van der Waals surface area (Å²) in [6.07, 6.45) is 43.9. The fraction of sp³-hybridized carbons (Fsp3) is 0.787. The number of aliphatic hydroxyl groups excluding tert-OH is 7. The molecular formula is C61H106O14. The molecule has 2 fully saturated rings. The molecule has 0 radical (unpaired) electrons. The van der Waals surface area contributed by atoms with Crippen molar-refractivity contribution in [2.75, 3.05) is 33.0 Å². The first kappa shape index (κ1) is 68.5. The van der Waals surface area contributed by atoms with E-state index in [4.69, 9.17) is 28.4 Å². The summed E-state index contributed by atoms with van der Waals surface area (Å²) >= 11 is 0. The Hall–Kier alpha value is -2.57. The van der Waals surface area contributed by atoms with Crippen LogP contribution >= 0.6 is 0 Å². The average Bonchev–Trinajstić information content (AvgIpc) is 3.41. The van der Waals surface area contributed by atoms with Crippen molar-refractivity contribution in [2.45, 2.75) is 274 Å². The van der Waals surface area contributed by atoms with Crippen LogP contribution in [-0.2, 0) is 33.2 Å². The smallest absolute Gasteiger partial charge is 0.306 e. The second-order valence-electron chi connectivity index (χ2n) is 20.4. The molecule has 14 nitrogen and oxygen atoms in total. The molecule has 0 aromatic rings. The van der Waals surface area contributed by atoms with Crippen molar-refractivity contribution in [2.24, 2.45) is 0 Å². The predicted molar refractivity (Wildman–Crippen MR) is 298 cm³/mol. The van der Waals surface area contributed by atoms with Crippen LogP contribution in [0.3, 0.4) is 0 Å². The maximum atomic E-state index is 13.1. The van der Waals surface area contributed by atoms with Crippen molar-refractivity contribution in [1.29, 1.82) is 0 Å². The van der Waals surface area contributed by atoms with Gasteiger partial charge in [0, 0.05) is 13.0 Å². The van der Waals surface area contributed by atoms with Gasteiger partial charge in [-0.25, -0.2) is 0 Å². The molecule has 11 unspecified atom stereocenters. The van der Waals surface area contributed by atoms with Crippen LogP contribution in [0.1, 0.15) is 206 Å². The molecular weight excluding hydrogens is 957 g/mol. The van der Waals surface area contributed by atoms with Gasteiger partial charge in [-0.15, -0.1) is 0 Å². The van der Waals surface area contributed by atoms with Crippen molar-refractivity contribution < 1.29 is 69.0 Å². The summed E-state index contributed by atoms with van der Waals surface area (Å²) in [6.45, 7) is 3.53. The number of hydrogen-bond acceptors (Lipinski definition) is 14. The highest BCUT2D eigenvalue weighted by atomic mass is 16.7.